The van der Waals surface area contributed by atoms with Crippen LogP contribution in [0.25, 0.3) is 5.76 Å². The van der Waals surface area contributed by atoms with Crippen molar-refractivity contribution in [3.63, 3.8) is 0 Å². The Balaban J connectivity index is 0.00000144. The topological polar surface area (TPSA) is 49.4 Å². The zero-order chi connectivity index (χ0) is 8.97. The Morgan fingerprint density at radius 1 is 1.38 bits per heavy atom. The van der Waals surface area contributed by atoms with Crippen molar-refractivity contribution in [2.45, 2.75) is 0 Å². The average Bonchev–Trinajstić information content (AvgIpc) is 2.05. The molecule has 3 nitrogen and oxygen atoms in total. The third-order valence-electron chi connectivity index (χ3n) is 1.26. The largest absolute Gasteiger partial charge is 1.00 e. The average molecular weight is 222 g/mol. The maximum atomic E-state index is 10.1. The standard InChI is InChI=1S/C8H8O3S.K/c1-7(11-12(9)10)8-5-3-2-4-6-8;/h2-6H,1H2,(H,9,10);/q;+1/p-1. The van der Waals surface area contributed by atoms with Gasteiger partial charge in [-0.1, -0.05) is 36.9 Å². The second-order valence-corrected chi connectivity index (χ2v) is 2.65. The van der Waals surface area contributed by atoms with Crippen molar-refractivity contribution in [1.29, 1.82) is 0 Å². The first-order valence-electron chi connectivity index (χ1n) is 3.22. The molecule has 1 aromatic rings. The summed E-state index contributed by atoms with van der Waals surface area (Å²) in [6.45, 7) is 3.45. The van der Waals surface area contributed by atoms with Gasteiger partial charge in [0.15, 0.2) is 0 Å². The Labute approximate surface area is 122 Å². The molecule has 0 spiro atoms. The van der Waals surface area contributed by atoms with Gasteiger partial charge in [0.2, 0.25) is 0 Å². The normalized spacial score (nSPS) is 11.2. The van der Waals surface area contributed by atoms with E-state index in [1.165, 1.54) is 0 Å². The van der Waals surface area contributed by atoms with Gasteiger partial charge in [0.05, 0.1) is 0 Å². The second-order valence-electron chi connectivity index (χ2n) is 2.08. The SMILES string of the molecule is C=C(OS(=O)[O-])c1ccccc1.[K+]. The van der Waals surface area contributed by atoms with E-state index in [2.05, 4.69) is 10.8 Å². The summed E-state index contributed by atoms with van der Waals surface area (Å²) in [6, 6.07) is 8.81. The van der Waals surface area contributed by atoms with Gasteiger partial charge in [0, 0.05) is 5.56 Å². The van der Waals surface area contributed by atoms with Crippen LogP contribution in [0.1, 0.15) is 5.56 Å². The minimum atomic E-state index is -2.55. The van der Waals surface area contributed by atoms with Crippen LogP contribution in [0.5, 0.6) is 0 Å². The molecule has 0 radical (unpaired) electrons. The molecule has 0 N–H and O–H groups in total. The molecule has 1 unspecified atom stereocenters. The quantitative estimate of drug-likeness (QED) is 0.354. The van der Waals surface area contributed by atoms with Crippen LogP contribution in [0.15, 0.2) is 36.9 Å². The van der Waals surface area contributed by atoms with Gasteiger partial charge in [0.1, 0.15) is 17.1 Å². The number of hydrogen-bond acceptors (Lipinski definition) is 3. The fourth-order valence-corrected chi connectivity index (χ4v) is 1.01. The summed E-state index contributed by atoms with van der Waals surface area (Å²) < 4.78 is 24.6. The molecular weight excluding hydrogens is 215 g/mol. The minimum absolute atomic E-state index is 0. The van der Waals surface area contributed by atoms with Crippen LogP contribution in [-0.2, 0) is 15.5 Å². The van der Waals surface area contributed by atoms with Crippen LogP contribution in [-0.4, -0.2) is 8.76 Å². The first-order chi connectivity index (χ1) is 5.70. The zero-order valence-electron chi connectivity index (χ0n) is 7.23. The Kier molecular flexibility index (Phi) is 7.15. The molecule has 0 aliphatic carbocycles. The van der Waals surface area contributed by atoms with Gasteiger partial charge in [-0.2, -0.15) is 0 Å². The Bertz CT molecular complexity index is 300. The van der Waals surface area contributed by atoms with E-state index in [0.29, 0.717) is 5.56 Å². The number of hydrogen-bond donors (Lipinski definition) is 0. The van der Waals surface area contributed by atoms with Crippen LogP contribution < -0.4 is 51.4 Å². The molecule has 1 aromatic carbocycles. The van der Waals surface area contributed by atoms with Crippen molar-refractivity contribution in [3.05, 3.63) is 42.5 Å². The summed E-state index contributed by atoms with van der Waals surface area (Å²) in [6.07, 6.45) is 0. The molecule has 0 saturated carbocycles. The van der Waals surface area contributed by atoms with Crippen molar-refractivity contribution in [1.82, 2.24) is 0 Å². The van der Waals surface area contributed by atoms with E-state index in [-0.39, 0.29) is 57.1 Å². The predicted octanol–water partition coefficient (Wildman–Crippen LogP) is -1.53. The molecule has 0 amide bonds. The van der Waals surface area contributed by atoms with Gasteiger partial charge in [-0.3, -0.25) is 0 Å². The molecule has 13 heavy (non-hydrogen) atoms. The molecule has 0 heterocycles. The van der Waals surface area contributed by atoms with Crippen LogP contribution in [0.2, 0.25) is 0 Å². The Morgan fingerprint density at radius 2 is 1.92 bits per heavy atom. The van der Waals surface area contributed by atoms with Crippen molar-refractivity contribution in [3.8, 4) is 0 Å². The number of benzene rings is 1. The summed E-state index contributed by atoms with van der Waals surface area (Å²) in [5, 5.41) is 0. The van der Waals surface area contributed by atoms with E-state index in [1.54, 1.807) is 24.3 Å². The third-order valence-corrected chi connectivity index (χ3v) is 1.60. The van der Waals surface area contributed by atoms with E-state index in [4.69, 9.17) is 0 Å². The molecule has 0 aliphatic heterocycles. The summed E-state index contributed by atoms with van der Waals surface area (Å²) in [5.41, 5.74) is 0.654. The van der Waals surface area contributed by atoms with Gasteiger partial charge in [0.25, 0.3) is 0 Å². The van der Waals surface area contributed by atoms with Crippen LogP contribution >= 0.6 is 0 Å². The first-order valence-corrected chi connectivity index (χ1v) is 4.22. The molecule has 0 aliphatic rings. The molecule has 0 bridgehead atoms. The van der Waals surface area contributed by atoms with Crippen LogP contribution in [0, 0.1) is 0 Å². The maximum absolute atomic E-state index is 10.1. The molecule has 1 rings (SSSR count). The van der Waals surface area contributed by atoms with Crippen molar-refractivity contribution in [2.75, 3.05) is 0 Å². The molecular formula is C8H7KO3S. The van der Waals surface area contributed by atoms with Crippen LogP contribution in [0.4, 0.5) is 0 Å². The van der Waals surface area contributed by atoms with Gasteiger partial charge in [-0.25, -0.2) is 4.21 Å². The molecule has 64 valence electrons. The molecule has 0 aromatic heterocycles. The van der Waals surface area contributed by atoms with Gasteiger partial charge < -0.3 is 8.74 Å². The smallest absolute Gasteiger partial charge is 0.740 e. The minimum Gasteiger partial charge on any atom is -0.740 e. The van der Waals surface area contributed by atoms with Crippen molar-refractivity contribution in [2.24, 2.45) is 0 Å². The monoisotopic (exact) mass is 222 g/mol. The fraction of sp³-hybridized carbons (Fsp3) is 0. The molecule has 0 saturated heterocycles. The molecule has 0 fully saturated rings. The Hall–Kier alpha value is 0.506. The predicted molar refractivity (Wildman–Crippen MR) is 45.5 cm³/mol. The van der Waals surface area contributed by atoms with Gasteiger partial charge in [-0.05, 0) is 0 Å². The summed E-state index contributed by atoms with van der Waals surface area (Å²) >= 11 is -2.55. The van der Waals surface area contributed by atoms with Gasteiger partial charge in [-0.15, -0.1) is 0 Å². The van der Waals surface area contributed by atoms with E-state index in [1.807, 2.05) is 6.07 Å². The molecule has 5 heteroatoms. The summed E-state index contributed by atoms with van der Waals surface area (Å²) in [4.78, 5) is 0. The fourth-order valence-electron chi connectivity index (χ4n) is 0.754. The summed E-state index contributed by atoms with van der Waals surface area (Å²) in [7, 11) is 0. The third kappa shape index (κ3) is 5.07. The number of rotatable bonds is 3. The molecule has 1 atom stereocenters. The van der Waals surface area contributed by atoms with E-state index in [0.717, 1.165) is 0 Å². The zero-order valence-corrected chi connectivity index (χ0v) is 11.2. The van der Waals surface area contributed by atoms with Crippen LogP contribution in [0.3, 0.4) is 0 Å². The van der Waals surface area contributed by atoms with Gasteiger partial charge >= 0.3 is 51.4 Å². The second kappa shape index (κ2) is 6.89. The van der Waals surface area contributed by atoms with Crippen molar-refractivity contribution >= 4 is 17.1 Å². The Morgan fingerprint density at radius 3 is 2.38 bits per heavy atom. The van der Waals surface area contributed by atoms with Crippen molar-refractivity contribution < 1.29 is 64.3 Å². The van der Waals surface area contributed by atoms with E-state index >= 15 is 0 Å². The maximum Gasteiger partial charge on any atom is 1.00 e. The summed E-state index contributed by atoms with van der Waals surface area (Å²) in [5.74, 6) is 0.129. The van der Waals surface area contributed by atoms with E-state index in [9.17, 15) is 8.76 Å². The first kappa shape index (κ1) is 13.5. The van der Waals surface area contributed by atoms with E-state index < -0.39 is 11.4 Å².